The number of hydrogen-bond acceptors (Lipinski definition) is 3. The van der Waals surface area contributed by atoms with Gasteiger partial charge in [0.15, 0.2) is 0 Å². The molecule has 1 saturated heterocycles. The second-order valence-electron chi connectivity index (χ2n) is 6.39. The number of amides is 2. The van der Waals surface area contributed by atoms with E-state index in [4.69, 9.17) is 0 Å². The van der Waals surface area contributed by atoms with E-state index in [0.29, 0.717) is 31.0 Å². The molecule has 6 nitrogen and oxygen atoms in total. The summed E-state index contributed by atoms with van der Waals surface area (Å²) in [6.45, 7) is 3.14. The number of carbonyl (C=O) groups is 1. The highest BCUT2D eigenvalue weighted by Gasteiger charge is 2.27. The Bertz CT molecular complexity index is 916. The third-order valence-corrected chi connectivity index (χ3v) is 5.72. The summed E-state index contributed by atoms with van der Waals surface area (Å²) in [5.41, 5.74) is 1.92. The SMILES string of the molecule is CCS(=O)(=O)Nc1cccc(N2CCCN(Cc3ccc(F)cc3)C2=O)c1. The van der Waals surface area contributed by atoms with Crippen molar-refractivity contribution in [1.29, 1.82) is 0 Å². The molecule has 3 rings (SSSR count). The van der Waals surface area contributed by atoms with Crippen molar-refractivity contribution in [1.82, 2.24) is 4.90 Å². The molecule has 2 aromatic rings. The van der Waals surface area contributed by atoms with Gasteiger partial charge in [-0.05, 0) is 49.2 Å². The second kappa shape index (κ2) is 7.96. The fourth-order valence-corrected chi connectivity index (χ4v) is 3.60. The summed E-state index contributed by atoms with van der Waals surface area (Å²) in [6, 6.07) is 12.8. The molecule has 144 valence electrons. The minimum absolute atomic E-state index is 0.0225. The van der Waals surface area contributed by atoms with E-state index in [2.05, 4.69) is 4.72 Å². The third kappa shape index (κ3) is 4.77. The van der Waals surface area contributed by atoms with Gasteiger partial charge in [0.25, 0.3) is 0 Å². The lowest BCUT2D eigenvalue weighted by Crippen LogP contribution is -2.49. The smallest absolute Gasteiger partial charge is 0.320 e. The quantitative estimate of drug-likeness (QED) is 0.820. The van der Waals surface area contributed by atoms with Gasteiger partial charge in [-0.25, -0.2) is 17.6 Å². The van der Waals surface area contributed by atoms with Crippen molar-refractivity contribution in [3.63, 3.8) is 0 Å². The average molecular weight is 391 g/mol. The zero-order chi connectivity index (χ0) is 19.4. The van der Waals surface area contributed by atoms with Crippen LogP contribution in [0.1, 0.15) is 18.9 Å². The number of nitrogens with zero attached hydrogens (tertiary/aromatic N) is 2. The molecule has 0 spiro atoms. The molecule has 0 atom stereocenters. The van der Waals surface area contributed by atoms with Crippen molar-refractivity contribution < 1.29 is 17.6 Å². The number of rotatable bonds is 6. The van der Waals surface area contributed by atoms with Crippen LogP contribution in [0.25, 0.3) is 0 Å². The first-order valence-corrected chi connectivity index (χ1v) is 10.4. The first-order valence-electron chi connectivity index (χ1n) is 8.79. The van der Waals surface area contributed by atoms with Crippen LogP contribution in [0.2, 0.25) is 0 Å². The van der Waals surface area contributed by atoms with Gasteiger partial charge < -0.3 is 4.90 Å². The lowest BCUT2D eigenvalue weighted by Gasteiger charge is -2.36. The molecule has 0 saturated carbocycles. The predicted octanol–water partition coefficient (Wildman–Crippen LogP) is 3.42. The number of halogens is 1. The van der Waals surface area contributed by atoms with E-state index >= 15 is 0 Å². The predicted molar refractivity (Wildman–Crippen MR) is 104 cm³/mol. The highest BCUT2D eigenvalue weighted by Crippen LogP contribution is 2.25. The lowest BCUT2D eigenvalue weighted by atomic mass is 10.1. The Balaban J connectivity index is 1.76. The Labute approximate surface area is 158 Å². The minimum Gasteiger partial charge on any atom is -0.320 e. The summed E-state index contributed by atoms with van der Waals surface area (Å²) in [4.78, 5) is 16.2. The molecule has 8 heteroatoms. The van der Waals surface area contributed by atoms with Crippen LogP contribution in [0.4, 0.5) is 20.6 Å². The monoisotopic (exact) mass is 391 g/mol. The average Bonchev–Trinajstić information content (AvgIpc) is 2.65. The molecule has 0 radical (unpaired) electrons. The van der Waals surface area contributed by atoms with Crippen LogP contribution in [0.5, 0.6) is 0 Å². The van der Waals surface area contributed by atoms with Crippen molar-refractivity contribution >= 4 is 27.4 Å². The lowest BCUT2D eigenvalue weighted by molar-refractivity contribution is 0.192. The Hall–Kier alpha value is -2.61. The standard InChI is InChI=1S/C19H22FN3O3S/c1-2-27(25,26)21-17-5-3-6-18(13-17)23-12-4-11-22(19(23)24)14-15-7-9-16(20)10-8-15/h3,5-10,13,21H,2,4,11-12,14H2,1H3. The van der Waals surface area contributed by atoms with Crippen LogP contribution in [0.15, 0.2) is 48.5 Å². The van der Waals surface area contributed by atoms with Gasteiger partial charge in [-0.15, -0.1) is 0 Å². The summed E-state index contributed by atoms with van der Waals surface area (Å²) in [5.74, 6) is -0.331. The normalized spacial score (nSPS) is 15.1. The fourth-order valence-electron chi connectivity index (χ4n) is 2.97. The van der Waals surface area contributed by atoms with Gasteiger partial charge in [-0.2, -0.15) is 0 Å². The van der Waals surface area contributed by atoms with Gasteiger partial charge in [-0.1, -0.05) is 18.2 Å². The maximum atomic E-state index is 13.1. The minimum atomic E-state index is -3.38. The number of benzene rings is 2. The van der Waals surface area contributed by atoms with Crippen molar-refractivity contribution in [2.75, 3.05) is 28.5 Å². The topological polar surface area (TPSA) is 69.7 Å². The molecule has 2 amide bonds. The first-order chi connectivity index (χ1) is 12.9. The van der Waals surface area contributed by atoms with E-state index in [1.807, 2.05) is 0 Å². The van der Waals surface area contributed by atoms with Crippen molar-refractivity contribution in [3.05, 3.63) is 59.9 Å². The number of nitrogens with one attached hydrogen (secondary N) is 1. The van der Waals surface area contributed by atoms with Crippen LogP contribution in [-0.4, -0.2) is 38.2 Å². The van der Waals surface area contributed by atoms with Crippen LogP contribution >= 0.6 is 0 Å². The zero-order valence-electron chi connectivity index (χ0n) is 15.1. The molecule has 27 heavy (non-hydrogen) atoms. The van der Waals surface area contributed by atoms with Gasteiger partial charge in [0, 0.05) is 25.3 Å². The third-order valence-electron chi connectivity index (χ3n) is 4.41. The second-order valence-corrected chi connectivity index (χ2v) is 8.40. The van der Waals surface area contributed by atoms with Crippen molar-refractivity contribution in [3.8, 4) is 0 Å². The maximum Gasteiger partial charge on any atom is 0.324 e. The summed E-state index contributed by atoms with van der Waals surface area (Å²) in [7, 11) is -3.38. The van der Waals surface area contributed by atoms with Gasteiger partial charge >= 0.3 is 6.03 Å². The largest absolute Gasteiger partial charge is 0.324 e. The number of carbonyl (C=O) groups excluding carboxylic acids is 1. The van der Waals surface area contributed by atoms with Crippen molar-refractivity contribution in [2.24, 2.45) is 0 Å². The van der Waals surface area contributed by atoms with Crippen LogP contribution in [-0.2, 0) is 16.6 Å². The molecule has 1 aliphatic rings. The van der Waals surface area contributed by atoms with Gasteiger partial charge in [-0.3, -0.25) is 9.62 Å². The molecule has 1 aliphatic heterocycles. The van der Waals surface area contributed by atoms with Gasteiger partial charge in [0.1, 0.15) is 5.82 Å². The Morgan fingerprint density at radius 3 is 2.56 bits per heavy atom. The molecule has 0 aliphatic carbocycles. The Morgan fingerprint density at radius 2 is 1.85 bits per heavy atom. The van der Waals surface area contributed by atoms with E-state index in [1.165, 1.54) is 12.1 Å². The van der Waals surface area contributed by atoms with Gasteiger partial charge in [0.2, 0.25) is 10.0 Å². The summed E-state index contributed by atoms with van der Waals surface area (Å²) >= 11 is 0. The van der Waals surface area contributed by atoms with Crippen LogP contribution < -0.4 is 9.62 Å². The van der Waals surface area contributed by atoms with E-state index in [1.54, 1.807) is 53.1 Å². The van der Waals surface area contributed by atoms with Crippen molar-refractivity contribution in [2.45, 2.75) is 19.9 Å². The fraction of sp³-hybridized carbons (Fsp3) is 0.316. The van der Waals surface area contributed by atoms with Crippen LogP contribution in [0.3, 0.4) is 0 Å². The first kappa shape index (κ1) is 19.2. The molecular formula is C19H22FN3O3S. The zero-order valence-corrected chi connectivity index (χ0v) is 15.9. The molecule has 1 N–H and O–H groups in total. The number of urea groups is 1. The summed E-state index contributed by atoms with van der Waals surface area (Å²) in [6.07, 6.45) is 0.790. The molecule has 2 aromatic carbocycles. The number of hydrogen-bond donors (Lipinski definition) is 1. The highest BCUT2D eigenvalue weighted by atomic mass is 32.2. The van der Waals surface area contributed by atoms with E-state index < -0.39 is 10.0 Å². The van der Waals surface area contributed by atoms with E-state index in [0.717, 1.165) is 12.0 Å². The molecule has 0 bridgehead atoms. The molecule has 0 aromatic heterocycles. The maximum absolute atomic E-state index is 13.1. The van der Waals surface area contributed by atoms with E-state index in [-0.39, 0.29) is 17.6 Å². The Morgan fingerprint density at radius 1 is 1.11 bits per heavy atom. The number of anilines is 2. The van der Waals surface area contributed by atoms with Crippen LogP contribution in [0, 0.1) is 5.82 Å². The summed E-state index contributed by atoms with van der Waals surface area (Å²) < 4.78 is 39.1. The molecular weight excluding hydrogens is 369 g/mol. The molecule has 1 fully saturated rings. The van der Waals surface area contributed by atoms with E-state index in [9.17, 15) is 17.6 Å². The summed E-state index contributed by atoms with van der Waals surface area (Å²) in [5, 5.41) is 0. The number of sulfonamides is 1. The molecule has 0 unspecified atom stereocenters. The Kier molecular flexibility index (Phi) is 5.65. The highest BCUT2D eigenvalue weighted by molar-refractivity contribution is 7.92. The van der Waals surface area contributed by atoms with Gasteiger partial charge in [0.05, 0.1) is 11.4 Å². The molecule has 1 heterocycles.